The van der Waals surface area contributed by atoms with Crippen LogP contribution in [0.15, 0.2) is 29.4 Å². The third-order valence-electron chi connectivity index (χ3n) is 2.53. The van der Waals surface area contributed by atoms with E-state index >= 15 is 0 Å². The Kier molecular flexibility index (Phi) is 4.06. The molecule has 0 saturated heterocycles. The van der Waals surface area contributed by atoms with Gasteiger partial charge in [0.2, 0.25) is 5.82 Å². The van der Waals surface area contributed by atoms with Crippen molar-refractivity contribution in [3.63, 3.8) is 0 Å². The van der Waals surface area contributed by atoms with Gasteiger partial charge < -0.3 is 5.11 Å². The lowest BCUT2D eigenvalue weighted by Crippen LogP contribution is -2.06. The van der Waals surface area contributed by atoms with E-state index in [4.69, 9.17) is 0 Å². The van der Waals surface area contributed by atoms with Gasteiger partial charge in [0.15, 0.2) is 23.3 Å². The highest BCUT2D eigenvalue weighted by atomic mass is 19.2. The molecule has 0 atom stereocenters. The lowest BCUT2D eigenvalue weighted by molar-refractivity contribution is 0.381. The number of para-hydroxylation sites is 1. The third kappa shape index (κ3) is 2.78. The fourth-order valence-electron chi connectivity index (χ4n) is 1.47. The van der Waals surface area contributed by atoms with Crippen molar-refractivity contribution >= 4 is 11.9 Å². The first kappa shape index (κ1) is 14.8. The first-order valence-corrected chi connectivity index (χ1v) is 5.52. The summed E-state index contributed by atoms with van der Waals surface area (Å²) in [4.78, 5) is 0. The highest BCUT2D eigenvalue weighted by Crippen LogP contribution is 2.27. The lowest BCUT2D eigenvalue weighted by atomic mass is 10.2. The summed E-state index contributed by atoms with van der Waals surface area (Å²) in [6.45, 7) is 0. The average Bonchev–Trinajstić information content (AvgIpc) is 2.48. The highest BCUT2D eigenvalue weighted by Gasteiger charge is 2.25. The topological polar surface area (TPSA) is 44.6 Å². The normalized spacial score (nSPS) is 11.1. The van der Waals surface area contributed by atoms with Gasteiger partial charge in [0, 0.05) is 5.56 Å². The minimum Gasteiger partial charge on any atom is -0.507 e. The average molecular weight is 302 g/mol. The molecule has 0 fully saturated rings. The van der Waals surface area contributed by atoms with E-state index in [2.05, 4.69) is 5.10 Å². The zero-order chi connectivity index (χ0) is 15.6. The quantitative estimate of drug-likeness (QED) is 0.299. The van der Waals surface area contributed by atoms with E-state index in [1.165, 1.54) is 18.2 Å². The molecule has 110 valence electrons. The molecule has 21 heavy (non-hydrogen) atoms. The molecule has 2 aromatic carbocycles. The van der Waals surface area contributed by atoms with Crippen LogP contribution in [0.2, 0.25) is 0 Å². The molecule has 2 aromatic rings. The van der Waals surface area contributed by atoms with Gasteiger partial charge in [-0.1, -0.05) is 12.1 Å². The number of halogens is 5. The fraction of sp³-hybridized carbons (Fsp3) is 0. The predicted octanol–water partition coefficient (Wildman–Crippen LogP) is 3.53. The van der Waals surface area contributed by atoms with Crippen LogP contribution in [0.4, 0.5) is 27.6 Å². The number of nitrogens with zero attached hydrogens (tertiary/aromatic N) is 1. The van der Waals surface area contributed by atoms with Gasteiger partial charge in [0.1, 0.15) is 11.4 Å². The summed E-state index contributed by atoms with van der Waals surface area (Å²) >= 11 is 0. The zero-order valence-electron chi connectivity index (χ0n) is 10.2. The molecule has 0 aromatic heterocycles. The van der Waals surface area contributed by atoms with Crippen LogP contribution in [0.1, 0.15) is 5.56 Å². The van der Waals surface area contributed by atoms with Crippen LogP contribution in [0.3, 0.4) is 0 Å². The molecule has 2 N–H and O–H groups in total. The van der Waals surface area contributed by atoms with Gasteiger partial charge in [0.05, 0.1) is 6.21 Å². The molecular weight excluding hydrogens is 295 g/mol. The molecule has 0 heterocycles. The number of anilines is 1. The molecule has 0 unspecified atom stereocenters. The summed E-state index contributed by atoms with van der Waals surface area (Å²) in [6, 6.07) is 5.85. The minimum absolute atomic E-state index is 0.166. The van der Waals surface area contributed by atoms with E-state index < -0.39 is 34.8 Å². The second-order valence-corrected chi connectivity index (χ2v) is 3.87. The Morgan fingerprint density at radius 1 is 0.857 bits per heavy atom. The number of phenolic OH excluding ortho intramolecular Hbond substituents is 1. The molecular formula is C13H7F5N2O. The molecule has 0 radical (unpaired) electrons. The zero-order valence-corrected chi connectivity index (χ0v) is 10.2. The van der Waals surface area contributed by atoms with E-state index in [0.717, 1.165) is 6.21 Å². The fourth-order valence-corrected chi connectivity index (χ4v) is 1.47. The summed E-state index contributed by atoms with van der Waals surface area (Å²) < 4.78 is 65.3. The molecule has 0 bridgehead atoms. The Labute approximate surface area is 115 Å². The number of aromatic hydroxyl groups is 1. The van der Waals surface area contributed by atoms with E-state index in [1.54, 1.807) is 11.5 Å². The Hall–Kier alpha value is -2.64. The SMILES string of the molecule is Oc1ccccc1/C=N/Nc1c(F)c(F)c(F)c(F)c1F. The third-order valence-corrected chi connectivity index (χ3v) is 2.53. The summed E-state index contributed by atoms with van der Waals surface area (Å²) in [6.07, 6.45) is 0.966. The Morgan fingerprint density at radius 3 is 1.95 bits per heavy atom. The molecule has 0 saturated carbocycles. The maximum atomic E-state index is 13.3. The van der Waals surface area contributed by atoms with Crippen molar-refractivity contribution in [2.45, 2.75) is 0 Å². The number of benzene rings is 2. The molecule has 2 rings (SSSR count). The number of hydrazone groups is 1. The van der Waals surface area contributed by atoms with Crippen LogP contribution in [0, 0.1) is 29.1 Å². The van der Waals surface area contributed by atoms with Crippen molar-refractivity contribution in [3.05, 3.63) is 58.9 Å². The highest BCUT2D eigenvalue weighted by molar-refractivity contribution is 5.83. The maximum Gasteiger partial charge on any atom is 0.200 e. The summed E-state index contributed by atoms with van der Waals surface area (Å²) in [5.74, 6) is -10.6. The van der Waals surface area contributed by atoms with Crippen LogP contribution in [-0.2, 0) is 0 Å². The van der Waals surface area contributed by atoms with Crippen LogP contribution >= 0.6 is 0 Å². The Morgan fingerprint density at radius 2 is 1.38 bits per heavy atom. The van der Waals surface area contributed by atoms with Crippen molar-refractivity contribution in [1.82, 2.24) is 0 Å². The second-order valence-electron chi connectivity index (χ2n) is 3.87. The van der Waals surface area contributed by atoms with E-state index in [0.29, 0.717) is 0 Å². The molecule has 0 aliphatic rings. The van der Waals surface area contributed by atoms with E-state index in [-0.39, 0.29) is 11.3 Å². The van der Waals surface area contributed by atoms with Crippen molar-refractivity contribution in [1.29, 1.82) is 0 Å². The number of hydrogen-bond acceptors (Lipinski definition) is 3. The monoisotopic (exact) mass is 302 g/mol. The minimum atomic E-state index is -2.25. The van der Waals surface area contributed by atoms with Gasteiger partial charge in [-0.2, -0.15) is 5.10 Å². The first-order chi connectivity index (χ1) is 9.93. The number of nitrogens with one attached hydrogen (secondary N) is 1. The molecule has 0 spiro atoms. The van der Waals surface area contributed by atoms with Crippen LogP contribution in [-0.4, -0.2) is 11.3 Å². The van der Waals surface area contributed by atoms with Crippen LogP contribution in [0.25, 0.3) is 0 Å². The lowest BCUT2D eigenvalue weighted by Gasteiger charge is -2.07. The van der Waals surface area contributed by atoms with Gasteiger partial charge in [-0.25, -0.2) is 22.0 Å². The predicted molar refractivity (Wildman–Crippen MR) is 65.6 cm³/mol. The molecule has 0 amide bonds. The van der Waals surface area contributed by atoms with Crippen molar-refractivity contribution in [3.8, 4) is 5.75 Å². The number of hydrogen-bond donors (Lipinski definition) is 2. The summed E-state index contributed by atoms with van der Waals surface area (Å²) in [7, 11) is 0. The van der Waals surface area contributed by atoms with Gasteiger partial charge in [-0.05, 0) is 12.1 Å². The number of rotatable bonds is 3. The van der Waals surface area contributed by atoms with Gasteiger partial charge >= 0.3 is 0 Å². The molecule has 3 nitrogen and oxygen atoms in total. The van der Waals surface area contributed by atoms with Crippen LogP contribution in [0.5, 0.6) is 5.75 Å². The second kappa shape index (κ2) is 5.78. The maximum absolute atomic E-state index is 13.3. The molecule has 0 aliphatic heterocycles. The van der Waals surface area contributed by atoms with Crippen LogP contribution < -0.4 is 5.43 Å². The largest absolute Gasteiger partial charge is 0.507 e. The van der Waals surface area contributed by atoms with Gasteiger partial charge in [0.25, 0.3) is 0 Å². The van der Waals surface area contributed by atoms with Crippen molar-refractivity contribution in [2.75, 3.05) is 5.43 Å². The Bertz CT molecular complexity index is 689. The van der Waals surface area contributed by atoms with Crippen molar-refractivity contribution in [2.24, 2.45) is 5.10 Å². The molecule has 8 heteroatoms. The van der Waals surface area contributed by atoms with Gasteiger partial charge in [-0.15, -0.1) is 0 Å². The summed E-state index contributed by atoms with van der Waals surface area (Å²) in [5, 5.41) is 12.7. The Balaban J connectivity index is 2.31. The van der Waals surface area contributed by atoms with Crippen molar-refractivity contribution < 1.29 is 27.1 Å². The van der Waals surface area contributed by atoms with E-state index in [1.807, 2.05) is 0 Å². The molecule has 0 aliphatic carbocycles. The van der Waals surface area contributed by atoms with Gasteiger partial charge in [-0.3, -0.25) is 5.43 Å². The standard InChI is InChI=1S/C13H7F5N2O/c14-8-9(15)11(17)13(12(18)10(8)16)20-19-5-6-3-1-2-4-7(6)21/h1-5,20-21H/b19-5+. The number of phenols is 1. The smallest absolute Gasteiger partial charge is 0.200 e. The van der Waals surface area contributed by atoms with E-state index in [9.17, 15) is 27.1 Å². The first-order valence-electron chi connectivity index (χ1n) is 5.52. The summed E-state index contributed by atoms with van der Waals surface area (Å²) in [5.41, 5.74) is 0.637.